The predicted molar refractivity (Wildman–Crippen MR) is 65.2 cm³/mol. The molecule has 0 spiro atoms. The van der Waals surface area contributed by atoms with E-state index >= 15 is 0 Å². The van der Waals surface area contributed by atoms with Gasteiger partial charge in [0, 0.05) is 30.0 Å². The van der Waals surface area contributed by atoms with E-state index in [9.17, 15) is 0 Å². The van der Waals surface area contributed by atoms with Gasteiger partial charge in [0.15, 0.2) is 0 Å². The smallest absolute Gasteiger partial charge is 0.202 e. The molecule has 86 valence electrons. The maximum absolute atomic E-state index is 5.86. The van der Waals surface area contributed by atoms with Gasteiger partial charge in [-0.05, 0) is 19.8 Å². The van der Waals surface area contributed by atoms with Crippen molar-refractivity contribution in [2.24, 2.45) is 11.7 Å². The lowest BCUT2D eigenvalue weighted by atomic mass is 10.1. The molecule has 0 unspecified atom stereocenters. The van der Waals surface area contributed by atoms with Crippen molar-refractivity contribution in [3.63, 3.8) is 0 Å². The van der Waals surface area contributed by atoms with Gasteiger partial charge in [-0.15, -0.1) is 0 Å². The first-order valence-electron chi connectivity index (χ1n) is 5.22. The lowest BCUT2D eigenvalue weighted by Gasteiger charge is -2.17. The van der Waals surface area contributed by atoms with Crippen LogP contribution < -0.4 is 11.1 Å². The summed E-state index contributed by atoms with van der Waals surface area (Å²) in [5, 5.41) is 4.06. The highest BCUT2D eigenvalue weighted by Crippen LogP contribution is 2.14. The normalized spacial score (nSPS) is 12.1. The summed E-state index contributed by atoms with van der Waals surface area (Å²) >= 11 is 1.40. The minimum absolute atomic E-state index is 0.218. The molecule has 1 heterocycles. The van der Waals surface area contributed by atoms with Crippen molar-refractivity contribution in [1.29, 1.82) is 0 Å². The molecule has 0 amide bonds. The Kier molecular flexibility index (Phi) is 4.04. The summed E-state index contributed by atoms with van der Waals surface area (Å²) < 4.78 is 4.28. The standard InChI is InChI=1S/C10H20N4S/c1-7(2)5-8-13-9(15-14-8)12-6-10(3,4)11/h7H,5-6,11H2,1-4H3,(H,12,13,14). The van der Waals surface area contributed by atoms with Gasteiger partial charge < -0.3 is 11.1 Å². The average Bonchev–Trinajstić information content (AvgIpc) is 2.46. The van der Waals surface area contributed by atoms with Crippen LogP contribution in [0.15, 0.2) is 0 Å². The molecule has 4 nitrogen and oxygen atoms in total. The molecule has 3 N–H and O–H groups in total. The Morgan fingerprint density at radius 2 is 2.13 bits per heavy atom. The molecule has 0 saturated carbocycles. The first kappa shape index (κ1) is 12.4. The van der Waals surface area contributed by atoms with Crippen molar-refractivity contribution in [1.82, 2.24) is 9.36 Å². The number of hydrogen-bond donors (Lipinski definition) is 2. The molecule has 15 heavy (non-hydrogen) atoms. The topological polar surface area (TPSA) is 63.8 Å². The number of nitrogens with zero attached hydrogens (tertiary/aromatic N) is 2. The number of nitrogens with two attached hydrogens (primary N) is 1. The molecule has 1 rings (SSSR count). The summed E-state index contributed by atoms with van der Waals surface area (Å²) in [7, 11) is 0. The van der Waals surface area contributed by atoms with Crippen molar-refractivity contribution in [3.8, 4) is 0 Å². The highest BCUT2D eigenvalue weighted by molar-refractivity contribution is 7.09. The number of aromatic nitrogens is 2. The van der Waals surface area contributed by atoms with Crippen LogP contribution in [0, 0.1) is 5.92 Å². The molecule has 0 radical (unpaired) electrons. The Balaban J connectivity index is 2.46. The third kappa shape index (κ3) is 5.09. The first-order valence-corrected chi connectivity index (χ1v) is 5.99. The summed E-state index contributed by atoms with van der Waals surface area (Å²) in [5.41, 5.74) is 5.65. The maximum Gasteiger partial charge on any atom is 0.202 e. The second kappa shape index (κ2) is 4.90. The molecule has 1 aromatic rings. The van der Waals surface area contributed by atoms with E-state index in [1.807, 2.05) is 13.8 Å². The quantitative estimate of drug-likeness (QED) is 0.807. The number of anilines is 1. The van der Waals surface area contributed by atoms with E-state index in [4.69, 9.17) is 5.73 Å². The van der Waals surface area contributed by atoms with Crippen LogP contribution in [0.5, 0.6) is 0 Å². The third-order valence-electron chi connectivity index (χ3n) is 1.75. The third-order valence-corrected chi connectivity index (χ3v) is 2.46. The first-order chi connectivity index (χ1) is 6.87. The zero-order valence-electron chi connectivity index (χ0n) is 9.87. The van der Waals surface area contributed by atoms with Gasteiger partial charge in [-0.25, -0.2) is 4.98 Å². The van der Waals surface area contributed by atoms with E-state index in [0.29, 0.717) is 12.5 Å². The fourth-order valence-electron chi connectivity index (χ4n) is 1.08. The van der Waals surface area contributed by atoms with Crippen LogP contribution in [0.3, 0.4) is 0 Å². The summed E-state index contributed by atoms with van der Waals surface area (Å²) in [6.07, 6.45) is 0.935. The van der Waals surface area contributed by atoms with E-state index in [0.717, 1.165) is 17.4 Å². The Morgan fingerprint density at radius 3 is 2.67 bits per heavy atom. The molecular weight excluding hydrogens is 208 g/mol. The minimum Gasteiger partial charge on any atom is -0.358 e. The van der Waals surface area contributed by atoms with Crippen molar-refractivity contribution in [2.45, 2.75) is 39.7 Å². The summed E-state index contributed by atoms with van der Waals surface area (Å²) in [6.45, 7) is 9.00. The fourth-order valence-corrected chi connectivity index (χ4v) is 1.67. The zero-order valence-corrected chi connectivity index (χ0v) is 10.7. The molecule has 5 heteroatoms. The van der Waals surface area contributed by atoms with Gasteiger partial charge in [-0.3, -0.25) is 0 Å². The van der Waals surface area contributed by atoms with Gasteiger partial charge in [-0.2, -0.15) is 4.37 Å². The maximum atomic E-state index is 5.86. The monoisotopic (exact) mass is 228 g/mol. The molecule has 0 atom stereocenters. The second-order valence-electron chi connectivity index (χ2n) is 4.96. The molecule has 0 saturated heterocycles. The molecule has 0 bridgehead atoms. The largest absolute Gasteiger partial charge is 0.358 e. The lowest BCUT2D eigenvalue weighted by Crippen LogP contribution is -2.39. The van der Waals surface area contributed by atoms with E-state index in [1.165, 1.54) is 11.5 Å². The molecule has 0 aromatic carbocycles. The van der Waals surface area contributed by atoms with Crippen LogP contribution in [0.1, 0.15) is 33.5 Å². The van der Waals surface area contributed by atoms with Crippen LogP contribution in [-0.4, -0.2) is 21.4 Å². The molecule has 0 aliphatic carbocycles. The number of nitrogens with one attached hydrogen (secondary N) is 1. The van der Waals surface area contributed by atoms with Gasteiger partial charge in [-0.1, -0.05) is 13.8 Å². The van der Waals surface area contributed by atoms with Gasteiger partial charge in [0.1, 0.15) is 5.82 Å². The Morgan fingerprint density at radius 1 is 1.47 bits per heavy atom. The van der Waals surface area contributed by atoms with E-state index in [2.05, 4.69) is 28.5 Å². The van der Waals surface area contributed by atoms with Crippen molar-refractivity contribution in [3.05, 3.63) is 5.82 Å². The molecule has 0 fully saturated rings. The number of rotatable bonds is 5. The molecule has 0 aliphatic heterocycles. The lowest BCUT2D eigenvalue weighted by molar-refractivity contribution is 0.549. The Labute approximate surface area is 95.5 Å². The van der Waals surface area contributed by atoms with Crippen molar-refractivity contribution >= 4 is 16.7 Å². The van der Waals surface area contributed by atoms with Crippen LogP contribution in [-0.2, 0) is 6.42 Å². The fraction of sp³-hybridized carbons (Fsp3) is 0.800. The van der Waals surface area contributed by atoms with E-state index < -0.39 is 0 Å². The Hall–Kier alpha value is -0.680. The predicted octanol–water partition coefficient (Wildman–Crippen LogP) is 1.89. The highest BCUT2D eigenvalue weighted by atomic mass is 32.1. The van der Waals surface area contributed by atoms with Crippen LogP contribution in [0.2, 0.25) is 0 Å². The van der Waals surface area contributed by atoms with Gasteiger partial charge in [0.2, 0.25) is 5.13 Å². The highest BCUT2D eigenvalue weighted by Gasteiger charge is 2.12. The van der Waals surface area contributed by atoms with E-state index in [-0.39, 0.29) is 5.54 Å². The summed E-state index contributed by atoms with van der Waals surface area (Å²) in [6, 6.07) is 0. The van der Waals surface area contributed by atoms with E-state index in [1.54, 1.807) is 0 Å². The minimum atomic E-state index is -0.218. The molecule has 0 aliphatic rings. The van der Waals surface area contributed by atoms with Gasteiger partial charge in [0.05, 0.1) is 0 Å². The molecule has 1 aromatic heterocycles. The van der Waals surface area contributed by atoms with Gasteiger partial charge in [0.25, 0.3) is 0 Å². The van der Waals surface area contributed by atoms with Gasteiger partial charge >= 0.3 is 0 Å². The van der Waals surface area contributed by atoms with Crippen molar-refractivity contribution < 1.29 is 0 Å². The summed E-state index contributed by atoms with van der Waals surface area (Å²) in [4.78, 5) is 4.39. The number of hydrogen-bond acceptors (Lipinski definition) is 5. The average molecular weight is 228 g/mol. The second-order valence-corrected chi connectivity index (χ2v) is 5.71. The van der Waals surface area contributed by atoms with Crippen LogP contribution in [0.25, 0.3) is 0 Å². The van der Waals surface area contributed by atoms with Crippen molar-refractivity contribution in [2.75, 3.05) is 11.9 Å². The molecular formula is C10H20N4S. The SMILES string of the molecule is CC(C)Cc1nsc(NCC(C)(C)N)n1. The zero-order chi connectivity index (χ0) is 11.5. The van der Waals surface area contributed by atoms with Crippen LogP contribution in [0.4, 0.5) is 5.13 Å². The summed E-state index contributed by atoms with van der Waals surface area (Å²) in [5.74, 6) is 1.52. The van der Waals surface area contributed by atoms with Crippen LogP contribution >= 0.6 is 11.5 Å². The Bertz CT molecular complexity index is 301.